The number of hydrogen-bond acceptors (Lipinski definition) is 2. The average molecular weight is 303 g/mol. The van der Waals surface area contributed by atoms with E-state index in [9.17, 15) is 4.39 Å². The second kappa shape index (κ2) is 6.29. The highest BCUT2D eigenvalue weighted by molar-refractivity contribution is 7.12. The summed E-state index contributed by atoms with van der Waals surface area (Å²) >= 11 is 1.90. The predicted molar refractivity (Wildman–Crippen MR) is 87.6 cm³/mol. The van der Waals surface area contributed by atoms with Crippen LogP contribution < -0.4 is 5.32 Å². The van der Waals surface area contributed by atoms with Gasteiger partial charge in [0.2, 0.25) is 0 Å². The maximum Gasteiger partial charge on any atom is 0.123 e. The number of thiophene rings is 1. The van der Waals surface area contributed by atoms with Crippen LogP contribution in [0.15, 0.2) is 24.3 Å². The Bertz CT molecular complexity index is 611. The summed E-state index contributed by atoms with van der Waals surface area (Å²) in [7, 11) is 0. The summed E-state index contributed by atoms with van der Waals surface area (Å²) < 4.78 is 13.7. The van der Waals surface area contributed by atoms with E-state index in [1.807, 2.05) is 17.4 Å². The van der Waals surface area contributed by atoms with Gasteiger partial charge in [-0.25, -0.2) is 4.39 Å². The molecule has 0 amide bonds. The molecule has 1 nitrogen and oxygen atoms in total. The van der Waals surface area contributed by atoms with E-state index in [1.54, 1.807) is 12.1 Å². The van der Waals surface area contributed by atoms with Crippen molar-refractivity contribution in [3.8, 4) is 0 Å². The lowest BCUT2D eigenvalue weighted by molar-refractivity contribution is 0.588. The number of benzene rings is 1. The number of aryl methyl sites for hydroxylation is 3. The summed E-state index contributed by atoms with van der Waals surface area (Å²) in [6, 6.07) is 7.57. The number of rotatable bonds is 5. The molecule has 0 bridgehead atoms. The van der Waals surface area contributed by atoms with Crippen LogP contribution in [0.4, 0.5) is 4.39 Å². The highest BCUT2D eigenvalue weighted by Crippen LogP contribution is 2.37. The van der Waals surface area contributed by atoms with Crippen molar-refractivity contribution in [3.05, 3.63) is 56.5 Å². The molecule has 1 N–H and O–H groups in total. The first-order valence-corrected chi connectivity index (χ1v) is 8.61. The summed E-state index contributed by atoms with van der Waals surface area (Å²) in [5.41, 5.74) is 3.73. The third-order valence-corrected chi connectivity index (χ3v) is 5.50. The minimum Gasteiger partial charge on any atom is -0.306 e. The third kappa shape index (κ3) is 3.04. The van der Waals surface area contributed by atoms with E-state index in [0.717, 1.165) is 24.1 Å². The van der Waals surface area contributed by atoms with E-state index in [4.69, 9.17) is 0 Å². The lowest BCUT2D eigenvalue weighted by Gasteiger charge is -2.20. The Kier molecular flexibility index (Phi) is 4.41. The van der Waals surface area contributed by atoms with E-state index >= 15 is 0 Å². The van der Waals surface area contributed by atoms with Crippen LogP contribution in [0.25, 0.3) is 0 Å². The molecule has 0 spiro atoms. The van der Waals surface area contributed by atoms with E-state index in [-0.39, 0.29) is 11.9 Å². The van der Waals surface area contributed by atoms with Crippen molar-refractivity contribution in [2.45, 2.75) is 45.6 Å². The monoisotopic (exact) mass is 303 g/mol. The van der Waals surface area contributed by atoms with Crippen molar-refractivity contribution in [3.63, 3.8) is 0 Å². The molecule has 0 saturated carbocycles. The molecular weight excluding hydrogens is 281 g/mol. The van der Waals surface area contributed by atoms with Crippen LogP contribution in [-0.4, -0.2) is 6.54 Å². The Hall–Kier alpha value is -1.19. The zero-order chi connectivity index (χ0) is 14.8. The second-order valence-electron chi connectivity index (χ2n) is 5.84. The first-order valence-electron chi connectivity index (χ1n) is 7.80. The molecule has 112 valence electrons. The Morgan fingerprint density at radius 1 is 1.29 bits per heavy atom. The first kappa shape index (κ1) is 14.7. The lowest BCUT2D eigenvalue weighted by Crippen LogP contribution is -2.23. The zero-order valence-electron chi connectivity index (χ0n) is 12.7. The van der Waals surface area contributed by atoms with Gasteiger partial charge in [-0.3, -0.25) is 0 Å². The number of halogens is 1. The molecule has 1 atom stereocenters. The quantitative estimate of drug-likeness (QED) is 0.838. The van der Waals surface area contributed by atoms with Crippen molar-refractivity contribution in [1.82, 2.24) is 5.32 Å². The minimum atomic E-state index is -0.150. The van der Waals surface area contributed by atoms with Crippen LogP contribution in [-0.2, 0) is 12.8 Å². The molecular formula is C18H22FNS. The van der Waals surface area contributed by atoms with Crippen LogP contribution in [0, 0.1) is 12.7 Å². The summed E-state index contributed by atoms with van der Waals surface area (Å²) in [6.45, 7) is 5.18. The van der Waals surface area contributed by atoms with Crippen molar-refractivity contribution in [2.24, 2.45) is 0 Å². The molecule has 1 aliphatic rings. The predicted octanol–water partition coefficient (Wildman–Crippen LogP) is 4.77. The van der Waals surface area contributed by atoms with Gasteiger partial charge in [0.05, 0.1) is 6.04 Å². The molecule has 0 saturated heterocycles. The fourth-order valence-corrected chi connectivity index (χ4v) is 4.42. The smallest absolute Gasteiger partial charge is 0.123 e. The lowest BCUT2D eigenvalue weighted by atomic mass is 9.99. The van der Waals surface area contributed by atoms with E-state index in [0.29, 0.717) is 0 Å². The van der Waals surface area contributed by atoms with Crippen LogP contribution in [0.5, 0.6) is 0 Å². The van der Waals surface area contributed by atoms with E-state index in [1.165, 1.54) is 34.6 Å². The Morgan fingerprint density at radius 3 is 2.90 bits per heavy atom. The van der Waals surface area contributed by atoms with Crippen LogP contribution in [0.2, 0.25) is 0 Å². The maximum absolute atomic E-state index is 13.7. The molecule has 1 heterocycles. The standard InChI is InChI=1S/C18H22FNS/c1-3-9-20-18(15-11-14(19)8-7-12(15)2)17-10-13-5-4-6-16(13)21-17/h7-8,10-11,18,20H,3-6,9H2,1-2H3. The molecule has 0 fully saturated rings. The fourth-order valence-electron chi connectivity index (χ4n) is 3.07. The van der Waals surface area contributed by atoms with Gasteiger partial charge < -0.3 is 5.32 Å². The van der Waals surface area contributed by atoms with Gasteiger partial charge in [0, 0.05) is 9.75 Å². The molecule has 1 aromatic heterocycles. The molecule has 2 aromatic rings. The summed E-state index contributed by atoms with van der Waals surface area (Å²) in [5.74, 6) is -0.150. The van der Waals surface area contributed by atoms with Gasteiger partial charge in [-0.15, -0.1) is 11.3 Å². The zero-order valence-corrected chi connectivity index (χ0v) is 13.5. The van der Waals surface area contributed by atoms with Gasteiger partial charge >= 0.3 is 0 Å². The van der Waals surface area contributed by atoms with Crippen LogP contribution in [0.1, 0.15) is 52.3 Å². The Labute approximate surface area is 130 Å². The topological polar surface area (TPSA) is 12.0 Å². The van der Waals surface area contributed by atoms with Crippen molar-refractivity contribution in [1.29, 1.82) is 0 Å². The molecule has 1 aromatic carbocycles. The van der Waals surface area contributed by atoms with Crippen LogP contribution >= 0.6 is 11.3 Å². The number of nitrogens with one attached hydrogen (secondary N) is 1. The molecule has 1 unspecified atom stereocenters. The summed E-state index contributed by atoms with van der Waals surface area (Å²) in [6.07, 6.45) is 4.78. The molecule has 0 aliphatic heterocycles. The largest absolute Gasteiger partial charge is 0.306 e. The first-order chi connectivity index (χ1) is 10.2. The van der Waals surface area contributed by atoms with Gasteiger partial charge in [0.25, 0.3) is 0 Å². The fraction of sp³-hybridized carbons (Fsp3) is 0.444. The molecule has 0 radical (unpaired) electrons. The van der Waals surface area contributed by atoms with Gasteiger partial charge in [0.1, 0.15) is 5.82 Å². The minimum absolute atomic E-state index is 0.122. The van der Waals surface area contributed by atoms with Crippen LogP contribution in [0.3, 0.4) is 0 Å². The normalized spacial score (nSPS) is 15.2. The Morgan fingerprint density at radius 2 is 2.14 bits per heavy atom. The van der Waals surface area contributed by atoms with E-state index in [2.05, 4.69) is 25.2 Å². The highest BCUT2D eigenvalue weighted by Gasteiger charge is 2.22. The SMILES string of the molecule is CCCNC(c1cc2c(s1)CCC2)c1cc(F)ccc1C. The summed E-state index contributed by atoms with van der Waals surface area (Å²) in [4.78, 5) is 2.87. The van der Waals surface area contributed by atoms with Gasteiger partial charge in [0.15, 0.2) is 0 Å². The molecule has 21 heavy (non-hydrogen) atoms. The van der Waals surface area contributed by atoms with Gasteiger partial charge in [-0.05, 0) is 74.0 Å². The number of fused-ring (bicyclic) bond motifs is 1. The Balaban J connectivity index is 1.98. The highest BCUT2D eigenvalue weighted by atomic mass is 32.1. The molecule has 3 heteroatoms. The third-order valence-electron chi connectivity index (χ3n) is 4.20. The summed E-state index contributed by atoms with van der Waals surface area (Å²) in [5, 5.41) is 3.60. The molecule has 1 aliphatic carbocycles. The maximum atomic E-state index is 13.7. The van der Waals surface area contributed by atoms with Gasteiger partial charge in [-0.1, -0.05) is 13.0 Å². The van der Waals surface area contributed by atoms with Crippen molar-refractivity contribution < 1.29 is 4.39 Å². The second-order valence-corrected chi connectivity index (χ2v) is 7.01. The average Bonchev–Trinajstić information content (AvgIpc) is 3.04. The number of hydrogen-bond donors (Lipinski definition) is 1. The van der Waals surface area contributed by atoms with Gasteiger partial charge in [-0.2, -0.15) is 0 Å². The van der Waals surface area contributed by atoms with Crippen molar-refractivity contribution >= 4 is 11.3 Å². The molecule has 3 rings (SSSR count). The van der Waals surface area contributed by atoms with Crippen molar-refractivity contribution in [2.75, 3.05) is 6.54 Å². The van der Waals surface area contributed by atoms with E-state index < -0.39 is 0 Å².